The van der Waals surface area contributed by atoms with Gasteiger partial charge in [-0.2, -0.15) is 5.10 Å². The Hall–Kier alpha value is -2.95. The van der Waals surface area contributed by atoms with Gasteiger partial charge in [0.05, 0.1) is 5.69 Å². The van der Waals surface area contributed by atoms with Gasteiger partial charge < -0.3 is 5.32 Å². The van der Waals surface area contributed by atoms with Gasteiger partial charge in [0.1, 0.15) is 5.82 Å². The van der Waals surface area contributed by atoms with Gasteiger partial charge in [0.25, 0.3) is 0 Å². The predicted molar refractivity (Wildman–Crippen MR) is 89.4 cm³/mol. The van der Waals surface area contributed by atoms with Gasteiger partial charge in [-0.3, -0.25) is 4.79 Å². The number of nitrogens with one attached hydrogen (secondary N) is 1. The van der Waals surface area contributed by atoms with Crippen LogP contribution < -0.4 is 5.32 Å². The third-order valence-corrected chi connectivity index (χ3v) is 4.27. The van der Waals surface area contributed by atoms with Crippen LogP contribution in [0.1, 0.15) is 17.9 Å². The van der Waals surface area contributed by atoms with Crippen LogP contribution in [0, 0.1) is 11.7 Å². The number of carbonyl (C=O) groups excluding carboxylic acids is 1. The number of aromatic nitrogens is 2. The van der Waals surface area contributed by atoms with E-state index in [2.05, 4.69) is 10.4 Å². The van der Waals surface area contributed by atoms with Crippen LogP contribution in [0.15, 0.2) is 66.9 Å². The van der Waals surface area contributed by atoms with E-state index in [0.717, 1.165) is 17.7 Å². The molecule has 24 heavy (non-hydrogen) atoms. The van der Waals surface area contributed by atoms with E-state index in [1.54, 1.807) is 16.8 Å². The maximum atomic E-state index is 13.3. The topological polar surface area (TPSA) is 46.9 Å². The smallest absolute Gasteiger partial charge is 0.229 e. The third kappa shape index (κ3) is 2.93. The third-order valence-electron chi connectivity index (χ3n) is 4.27. The second kappa shape index (κ2) is 5.92. The molecule has 0 saturated heterocycles. The molecule has 2 aromatic carbocycles. The van der Waals surface area contributed by atoms with Crippen LogP contribution >= 0.6 is 0 Å². The number of hydrogen-bond donors (Lipinski definition) is 1. The Balaban J connectivity index is 1.42. The van der Waals surface area contributed by atoms with Crippen molar-refractivity contribution >= 4 is 11.7 Å². The maximum Gasteiger partial charge on any atom is 0.229 e. The van der Waals surface area contributed by atoms with Crippen LogP contribution in [-0.2, 0) is 4.79 Å². The number of amides is 1. The molecule has 1 aliphatic carbocycles. The van der Waals surface area contributed by atoms with Crippen molar-refractivity contribution in [3.63, 3.8) is 0 Å². The van der Waals surface area contributed by atoms with E-state index in [0.29, 0.717) is 5.82 Å². The largest absolute Gasteiger partial charge is 0.309 e. The Morgan fingerprint density at radius 3 is 2.75 bits per heavy atom. The highest BCUT2D eigenvalue weighted by molar-refractivity contribution is 5.94. The number of para-hydroxylation sites is 1. The van der Waals surface area contributed by atoms with E-state index in [1.165, 1.54) is 12.1 Å². The van der Waals surface area contributed by atoms with Gasteiger partial charge in [-0.25, -0.2) is 9.07 Å². The number of hydrogen-bond acceptors (Lipinski definition) is 2. The minimum atomic E-state index is -0.264. The molecule has 1 N–H and O–H groups in total. The molecule has 3 aromatic rings. The summed E-state index contributed by atoms with van der Waals surface area (Å²) in [5.41, 5.74) is 1.81. The summed E-state index contributed by atoms with van der Waals surface area (Å²) in [5, 5.41) is 7.21. The van der Waals surface area contributed by atoms with Crippen molar-refractivity contribution in [3.8, 4) is 5.69 Å². The van der Waals surface area contributed by atoms with Crippen molar-refractivity contribution in [1.82, 2.24) is 9.78 Å². The molecule has 120 valence electrons. The van der Waals surface area contributed by atoms with Gasteiger partial charge in [-0.05, 0) is 42.2 Å². The fourth-order valence-corrected chi connectivity index (χ4v) is 2.92. The number of halogens is 1. The maximum absolute atomic E-state index is 13.3. The van der Waals surface area contributed by atoms with Crippen LogP contribution in [0.3, 0.4) is 0 Å². The van der Waals surface area contributed by atoms with Crippen molar-refractivity contribution < 1.29 is 9.18 Å². The first kappa shape index (κ1) is 14.6. The molecule has 4 nitrogen and oxygen atoms in total. The zero-order chi connectivity index (χ0) is 16.5. The number of benzene rings is 2. The first-order valence-corrected chi connectivity index (χ1v) is 7.88. The minimum absolute atomic E-state index is 0.0671. The highest BCUT2D eigenvalue weighted by Crippen LogP contribution is 2.48. The normalized spacial score (nSPS) is 19.0. The monoisotopic (exact) mass is 321 g/mol. The van der Waals surface area contributed by atoms with Crippen LogP contribution in [0.25, 0.3) is 5.69 Å². The van der Waals surface area contributed by atoms with E-state index < -0.39 is 0 Å². The Bertz CT molecular complexity index is 875. The quantitative estimate of drug-likeness (QED) is 0.795. The molecular weight excluding hydrogens is 305 g/mol. The summed E-state index contributed by atoms with van der Waals surface area (Å²) in [4.78, 5) is 12.3. The van der Waals surface area contributed by atoms with Crippen LogP contribution in [0.2, 0.25) is 0 Å². The van der Waals surface area contributed by atoms with E-state index >= 15 is 0 Å². The highest BCUT2D eigenvalue weighted by atomic mass is 19.1. The van der Waals surface area contributed by atoms with Gasteiger partial charge >= 0.3 is 0 Å². The molecule has 4 rings (SSSR count). The summed E-state index contributed by atoms with van der Waals surface area (Å²) >= 11 is 0. The Morgan fingerprint density at radius 2 is 1.96 bits per heavy atom. The van der Waals surface area contributed by atoms with Crippen molar-refractivity contribution in [1.29, 1.82) is 0 Å². The van der Waals surface area contributed by atoms with Gasteiger partial charge in [0.2, 0.25) is 5.91 Å². The fourth-order valence-electron chi connectivity index (χ4n) is 2.92. The zero-order valence-corrected chi connectivity index (χ0v) is 12.9. The van der Waals surface area contributed by atoms with Crippen LogP contribution in [-0.4, -0.2) is 15.7 Å². The van der Waals surface area contributed by atoms with E-state index in [-0.39, 0.29) is 23.6 Å². The average molecular weight is 321 g/mol. The summed E-state index contributed by atoms with van der Waals surface area (Å²) in [6, 6.07) is 17.9. The molecule has 1 aliphatic rings. The molecule has 1 fully saturated rings. The standard InChI is InChI=1S/C19H16FN3O/c20-14-6-4-5-13(11-14)16-12-17(16)19(24)21-18-9-10-23(22-18)15-7-2-1-3-8-15/h1-11,16-17H,12H2,(H,21,22,24)/t16-,17+/m0/s1. The van der Waals surface area contributed by atoms with Crippen molar-refractivity contribution in [2.24, 2.45) is 5.92 Å². The van der Waals surface area contributed by atoms with E-state index in [4.69, 9.17) is 0 Å². The molecule has 1 heterocycles. The first-order chi connectivity index (χ1) is 11.7. The molecule has 1 aromatic heterocycles. The fraction of sp³-hybridized carbons (Fsp3) is 0.158. The molecule has 0 radical (unpaired) electrons. The lowest BCUT2D eigenvalue weighted by molar-refractivity contribution is -0.117. The number of anilines is 1. The minimum Gasteiger partial charge on any atom is -0.309 e. The summed E-state index contributed by atoms with van der Waals surface area (Å²) in [6.45, 7) is 0. The predicted octanol–water partition coefficient (Wildman–Crippen LogP) is 3.75. The lowest BCUT2D eigenvalue weighted by Gasteiger charge is -2.03. The SMILES string of the molecule is O=C(Nc1ccn(-c2ccccc2)n1)[C@@H]1C[C@H]1c1cccc(F)c1. The number of rotatable bonds is 4. The average Bonchev–Trinajstić information content (AvgIpc) is 3.28. The Morgan fingerprint density at radius 1 is 1.12 bits per heavy atom. The van der Waals surface area contributed by atoms with E-state index in [9.17, 15) is 9.18 Å². The molecular formula is C19H16FN3O. The lowest BCUT2D eigenvalue weighted by atomic mass is 10.1. The van der Waals surface area contributed by atoms with Crippen LogP contribution in [0.5, 0.6) is 0 Å². The van der Waals surface area contributed by atoms with Crippen molar-refractivity contribution in [2.45, 2.75) is 12.3 Å². The molecule has 0 aliphatic heterocycles. The van der Waals surface area contributed by atoms with Gasteiger partial charge in [0, 0.05) is 18.2 Å². The summed E-state index contributed by atoms with van der Waals surface area (Å²) in [5.74, 6) is 0.169. The number of carbonyl (C=O) groups is 1. The molecule has 0 bridgehead atoms. The second-order valence-electron chi connectivity index (χ2n) is 5.97. The van der Waals surface area contributed by atoms with Gasteiger partial charge in [-0.1, -0.05) is 30.3 Å². The molecule has 1 saturated carbocycles. The Kier molecular flexibility index (Phi) is 3.61. The second-order valence-corrected chi connectivity index (χ2v) is 5.97. The summed E-state index contributed by atoms with van der Waals surface area (Å²) < 4.78 is 15.0. The zero-order valence-electron chi connectivity index (χ0n) is 12.9. The van der Waals surface area contributed by atoms with Gasteiger partial charge in [-0.15, -0.1) is 0 Å². The molecule has 2 atom stereocenters. The van der Waals surface area contributed by atoms with E-state index in [1.807, 2.05) is 42.6 Å². The highest BCUT2D eigenvalue weighted by Gasteiger charge is 2.44. The first-order valence-electron chi connectivity index (χ1n) is 7.88. The van der Waals surface area contributed by atoms with Crippen molar-refractivity contribution in [3.05, 3.63) is 78.2 Å². The van der Waals surface area contributed by atoms with Crippen LogP contribution in [0.4, 0.5) is 10.2 Å². The lowest BCUT2D eigenvalue weighted by Crippen LogP contribution is -2.15. The molecule has 0 spiro atoms. The summed E-state index contributed by atoms with van der Waals surface area (Å²) in [7, 11) is 0. The summed E-state index contributed by atoms with van der Waals surface area (Å²) in [6.07, 6.45) is 2.55. The van der Waals surface area contributed by atoms with Gasteiger partial charge in [0.15, 0.2) is 5.82 Å². The van der Waals surface area contributed by atoms with Crippen molar-refractivity contribution in [2.75, 3.05) is 5.32 Å². The number of nitrogens with zero attached hydrogens (tertiary/aromatic N) is 2. The molecule has 0 unspecified atom stereocenters. The Labute approximate surface area is 138 Å². The molecule has 5 heteroatoms. The molecule has 1 amide bonds.